The SMILES string of the molecule is C=CCOP(O)(=S)S.O=S(=O)(O)[O][Mo]. The van der Waals surface area contributed by atoms with Gasteiger partial charge in [0.2, 0.25) is 5.69 Å². The summed E-state index contributed by atoms with van der Waals surface area (Å²) in [6, 6.07) is 0. The molecule has 6 nitrogen and oxygen atoms in total. The Kier molecular flexibility index (Phi) is 10.5. The van der Waals surface area contributed by atoms with Gasteiger partial charge in [0.05, 0.1) is 6.61 Å². The van der Waals surface area contributed by atoms with Crippen LogP contribution in [0.3, 0.4) is 0 Å². The second-order valence-electron chi connectivity index (χ2n) is 1.57. The topological polar surface area (TPSA) is 93.1 Å². The molecule has 0 aliphatic rings. The number of hydrogen-bond acceptors (Lipinski definition) is 5. The van der Waals surface area contributed by atoms with Crippen molar-refractivity contribution in [3.05, 3.63) is 12.7 Å². The summed E-state index contributed by atoms with van der Waals surface area (Å²) in [7, 11) is -4.16. The van der Waals surface area contributed by atoms with Crippen LogP contribution in [0.15, 0.2) is 12.7 Å². The molecular weight excluding hydrogens is 355 g/mol. The van der Waals surface area contributed by atoms with E-state index in [2.05, 4.69) is 38.0 Å². The van der Waals surface area contributed by atoms with E-state index >= 15 is 0 Å². The molecule has 0 saturated carbocycles. The molecule has 0 aliphatic carbocycles. The summed E-state index contributed by atoms with van der Waals surface area (Å²) in [5, 5.41) is 0. The summed E-state index contributed by atoms with van der Waals surface area (Å²) in [5.74, 6) is 0. The zero-order valence-corrected chi connectivity index (χ0v) is 12.1. The van der Waals surface area contributed by atoms with Gasteiger partial charge < -0.3 is 9.42 Å². The third kappa shape index (κ3) is 23.2. The van der Waals surface area contributed by atoms with Crippen molar-refractivity contribution in [1.82, 2.24) is 0 Å². The molecule has 0 rings (SSSR count). The van der Waals surface area contributed by atoms with Crippen molar-refractivity contribution in [2.45, 2.75) is 0 Å². The average molecular weight is 363 g/mol. The Balaban J connectivity index is 0. The Hall–Kier alpha value is 1.22. The molecule has 0 spiro atoms. The van der Waals surface area contributed by atoms with E-state index < -0.39 is 16.1 Å². The van der Waals surface area contributed by atoms with E-state index in [4.69, 9.17) is 9.45 Å². The standard InChI is InChI=1S/C3H7O2PS2.Mo.H2O4S/c1-2-3-5-6(4,7)8;;1-5(2,3)4/h2H,1,3H2,(H2,4,7,8);;(H2,1,2,3,4)/q;+1;/p-1. The van der Waals surface area contributed by atoms with E-state index in [0.29, 0.717) is 0 Å². The normalized spacial score (nSPS) is 14.8. The Morgan fingerprint density at radius 1 is 1.71 bits per heavy atom. The molecule has 1 atom stereocenters. The first kappa shape index (κ1) is 17.6. The van der Waals surface area contributed by atoms with Crippen LogP contribution in [0, 0.1) is 0 Å². The minimum atomic E-state index is -4.16. The van der Waals surface area contributed by atoms with E-state index in [1.165, 1.54) is 6.08 Å². The molecule has 0 amide bonds. The maximum atomic E-state index is 9.34. The predicted octanol–water partition coefficient (Wildman–Crippen LogP) is 0.603. The van der Waals surface area contributed by atoms with Crippen molar-refractivity contribution < 1.29 is 45.4 Å². The van der Waals surface area contributed by atoms with Gasteiger partial charge in [0.1, 0.15) is 0 Å². The third-order valence-electron chi connectivity index (χ3n) is 0.447. The van der Waals surface area contributed by atoms with Crippen molar-refractivity contribution in [2.75, 3.05) is 6.61 Å². The van der Waals surface area contributed by atoms with Crippen LogP contribution in [0.1, 0.15) is 0 Å². The molecule has 14 heavy (non-hydrogen) atoms. The van der Waals surface area contributed by atoms with Crippen molar-refractivity contribution in [3.8, 4) is 0 Å². The number of thiol groups is 1. The van der Waals surface area contributed by atoms with Gasteiger partial charge in [0.25, 0.3) is 0 Å². The number of hydrogen-bond donors (Lipinski definition) is 3. The van der Waals surface area contributed by atoms with Gasteiger partial charge in [-0.2, -0.15) is 0 Å². The molecule has 0 aliphatic heterocycles. The molecule has 0 aromatic rings. The summed E-state index contributed by atoms with van der Waals surface area (Å²) >= 11 is 8.82. The average Bonchev–Trinajstić information content (AvgIpc) is 1.99. The van der Waals surface area contributed by atoms with Crippen molar-refractivity contribution in [1.29, 1.82) is 0 Å². The fourth-order valence-corrected chi connectivity index (χ4v) is 0.832. The van der Waals surface area contributed by atoms with E-state index in [-0.39, 0.29) is 6.61 Å². The van der Waals surface area contributed by atoms with Crippen molar-refractivity contribution in [2.24, 2.45) is 0 Å². The van der Waals surface area contributed by atoms with Gasteiger partial charge in [0.15, 0.2) is 0 Å². The van der Waals surface area contributed by atoms with Crippen molar-refractivity contribution >= 4 is 40.1 Å². The summed E-state index contributed by atoms with van der Waals surface area (Å²) in [4.78, 5) is 8.67. The third-order valence-corrected chi connectivity index (χ3v) is 3.03. The molecule has 0 heterocycles. The summed E-state index contributed by atoms with van der Waals surface area (Å²) in [5.41, 5.74) is -2.73. The zero-order valence-electron chi connectivity index (χ0n) is 6.64. The van der Waals surface area contributed by atoms with Crippen LogP contribution >= 0.6 is 17.9 Å². The Morgan fingerprint density at radius 2 is 2.07 bits per heavy atom. The fourth-order valence-electron chi connectivity index (χ4n) is 0.150. The van der Waals surface area contributed by atoms with Crippen molar-refractivity contribution in [3.63, 3.8) is 0 Å². The summed E-state index contributed by atoms with van der Waals surface area (Å²) in [6.07, 6.45) is 1.51. The molecule has 11 heteroatoms. The molecule has 0 saturated heterocycles. The molecule has 0 bridgehead atoms. The van der Waals surface area contributed by atoms with Gasteiger partial charge in [-0.05, 0) is 11.8 Å². The monoisotopic (exact) mass is 365 g/mol. The van der Waals surface area contributed by atoms with Gasteiger partial charge in [-0.1, -0.05) is 18.3 Å². The van der Waals surface area contributed by atoms with E-state index in [1.54, 1.807) is 0 Å². The van der Waals surface area contributed by atoms with Crippen LogP contribution in [0.25, 0.3) is 0 Å². The number of rotatable bonds is 4. The van der Waals surface area contributed by atoms with Gasteiger partial charge in [-0.3, -0.25) is 0 Å². The summed E-state index contributed by atoms with van der Waals surface area (Å²) < 4.78 is 34.3. The first-order valence-electron chi connectivity index (χ1n) is 2.72. The quantitative estimate of drug-likeness (QED) is 0.222. The Morgan fingerprint density at radius 3 is 2.14 bits per heavy atom. The van der Waals surface area contributed by atoms with E-state index in [0.717, 1.165) is 20.2 Å². The van der Waals surface area contributed by atoms with Gasteiger partial charge >= 0.3 is 46.4 Å². The second-order valence-corrected chi connectivity index (χ2v) is 8.73. The van der Waals surface area contributed by atoms with Gasteiger partial charge in [0, 0.05) is 0 Å². The van der Waals surface area contributed by atoms with Crippen LogP contribution in [-0.2, 0) is 49.8 Å². The molecular formula is C3H8MoO6PS3. The molecule has 0 fully saturated rings. The van der Waals surface area contributed by atoms with E-state index in [1.807, 2.05) is 0 Å². The van der Waals surface area contributed by atoms with Crippen LogP contribution < -0.4 is 0 Å². The van der Waals surface area contributed by atoms with Crippen LogP contribution in [0.5, 0.6) is 0 Å². The first-order chi connectivity index (χ1) is 6.12. The predicted molar refractivity (Wildman–Crippen MR) is 54.3 cm³/mol. The second kappa shape index (κ2) is 8.38. The maximum absolute atomic E-state index is 9.34. The minimum absolute atomic E-state index is 0.261. The van der Waals surface area contributed by atoms with Crippen LogP contribution in [0.2, 0.25) is 0 Å². The Bertz CT molecular complexity index is 295. The van der Waals surface area contributed by atoms with Gasteiger partial charge in [-0.25, -0.2) is 0 Å². The molecule has 0 aromatic heterocycles. The Labute approximate surface area is 104 Å². The first-order valence-corrected chi connectivity index (χ1v) is 8.73. The zero-order chi connectivity index (χ0) is 11.8. The fraction of sp³-hybridized carbons (Fsp3) is 0.333. The molecule has 85 valence electrons. The molecule has 0 aromatic carbocycles. The summed E-state index contributed by atoms with van der Waals surface area (Å²) in [6.45, 7) is 3.63. The van der Waals surface area contributed by atoms with Gasteiger partial charge in [-0.15, -0.1) is 6.58 Å². The molecule has 1 unspecified atom stereocenters. The molecule has 0 radical (unpaired) electrons. The van der Waals surface area contributed by atoms with Crippen LogP contribution in [-0.4, -0.2) is 24.5 Å². The molecule has 2 N–H and O–H groups in total. The van der Waals surface area contributed by atoms with E-state index in [9.17, 15) is 8.42 Å². The van der Waals surface area contributed by atoms with Crippen LogP contribution in [0.4, 0.5) is 0 Å².